The van der Waals surface area contributed by atoms with E-state index in [9.17, 15) is 0 Å². The van der Waals surface area contributed by atoms with E-state index in [2.05, 4.69) is 58.7 Å². The Bertz CT molecular complexity index is 1110. The van der Waals surface area contributed by atoms with Gasteiger partial charge in [-0.1, -0.05) is 12.1 Å². The lowest BCUT2D eigenvalue weighted by atomic mass is 10.1. The molecule has 0 bridgehead atoms. The fourth-order valence-electron chi connectivity index (χ4n) is 3.44. The van der Waals surface area contributed by atoms with Crippen LogP contribution in [0.4, 0.5) is 17.5 Å². The van der Waals surface area contributed by atoms with Gasteiger partial charge in [-0.15, -0.1) is 0 Å². The van der Waals surface area contributed by atoms with Crippen molar-refractivity contribution >= 4 is 28.4 Å². The van der Waals surface area contributed by atoms with E-state index < -0.39 is 0 Å². The van der Waals surface area contributed by atoms with E-state index >= 15 is 0 Å². The van der Waals surface area contributed by atoms with Gasteiger partial charge < -0.3 is 15.5 Å². The largest absolute Gasteiger partial charge is 0.338 e. The first-order valence-electron chi connectivity index (χ1n) is 9.57. The standard InChI is InChI=1S/C21H20N8/c1-2-17-18(28-20-14-23-5-6-25-20)3-4-24-19(17)11-15(1)16-12-26-21(27-13-16)29-9-7-22-8-10-29/h1-6,11-14,22H,7-10H2,(H,24,25,28). The van der Waals surface area contributed by atoms with Crippen molar-refractivity contribution in [1.82, 2.24) is 30.2 Å². The van der Waals surface area contributed by atoms with Crippen LogP contribution in [0.1, 0.15) is 0 Å². The maximum absolute atomic E-state index is 4.57. The summed E-state index contributed by atoms with van der Waals surface area (Å²) in [4.78, 5) is 24.2. The second-order valence-electron chi connectivity index (χ2n) is 6.81. The van der Waals surface area contributed by atoms with Gasteiger partial charge in [-0.05, 0) is 17.7 Å². The van der Waals surface area contributed by atoms with Gasteiger partial charge in [0.05, 0.1) is 17.4 Å². The van der Waals surface area contributed by atoms with E-state index in [-0.39, 0.29) is 0 Å². The average molecular weight is 384 g/mol. The molecular formula is C21H20N8. The van der Waals surface area contributed by atoms with Crippen molar-refractivity contribution in [2.24, 2.45) is 0 Å². The number of anilines is 3. The number of benzene rings is 1. The lowest BCUT2D eigenvalue weighted by Crippen LogP contribution is -2.44. The lowest BCUT2D eigenvalue weighted by molar-refractivity contribution is 0.580. The van der Waals surface area contributed by atoms with Crippen LogP contribution in [-0.4, -0.2) is 51.1 Å². The monoisotopic (exact) mass is 384 g/mol. The van der Waals surface area contributed by atoms with Crippen molar-refractivity contribution in [3.63, 3.8) is 0 Å². The summed E-state index contributed by atoms with van der Waals surface area (Å²) in [5.41, 5.74) is 3.84. The minimum atomic E-state index is 0.695. The second-order valence-corrected chi connectivity index (χ2v) is 6.81. The zero-order valence-corrected chi connectivity index (χ0v) is 15.8. The number of hydrogen-bond donors (Lipinski definition) is 2. The van der Waals surface area contributed by atoms with Crippen LogP contribution in [0.3, 0.4) is 0 Å². The Hall–Kier alpha value is -3.65. The summed E-state index contributed by atoms with van der Waals surface area (Å²) in [5, 5.41) is 7.66. The van der Waals surface area contributed by atoms with Gasteiger partial charge in [0.15, 0.2) is 0 Å². The third-order valence-electron chi connectivity index (χ3n) is 4.94. The molecular weight excluding hydrogens is 364 g/mol. The van der Waals surface area contributed by atoms with Crippen LogP contribution in [0.25, 0.3) is 22.0 Å². The van der Waals surface area contributed by atoms with Gasteiger partial charge >= 0.3 is 0 Å². The molecule has 0 amide bonds. The summed E-state index contributed by atoms with van der Waals surface area (Å²) in [5.74, 6) is 1.48. The van der Waals surface area contributed by atoms with Crippen LogP contribution in [0.15, 0.2) is 61.4 Å². The highest BCUT2D eigenvalue weighted by atomic mass is 15.3. The highest BCUT2D eigenvalue weighted by molar-refractivity contribution is 5.94. The van der Waals surface area contributed by atoms with Crippen LogP contribution >= 0.6 is 0 Å². The van der Waals surface area contributed by atoms with E-state index in [0.717, 1.165) is 59.8 Å². The molecule has 4 aromatic rings. The Kier molecular flexibility index (Phi) is 4.67. The Morgan fingerprint density at radius 2 is 1.69 bits per heavy atom. The third-order valence-corrected chi connectivity index (χ3v) is 4.94. The fourth-order valence-corrected chi connectivity index (χ4v) is 3.44. The maximum Gasteiger partial charge on any atom is 0.225 e. The number of rotatable bonds is 4. The van der Waals surface area contributed by atoms with Gasteiger partial charge in [-0.3, -0.25) is 9.97 Å². The topological polar surface area (TPSA) is 91.8 Å². The smallest absolute Gasteiger partial charge is 0.225 e. The second kappa shape index (κ2) is 7.76. The molecule has 0 radical (unpaired) electrons. The molecule has 1 saturated heterocycles. The van der Waals surface area contributed by atoms with Crippen molar-refractivity contribution in [2.75, 3.05) is 36.4 Å². The normalized spacial score (nSPS) is 14.1. The SMILES string of the molecule is c1cnc(Nc2ccnc3cc(-c4cnc(N5CCNCC5)nc4)ccc23)cn1. The van der Waals surface area contributed by atoms with Crippen LogP contribution in [0, 0.1) is 0 Å². The van der Waals surface area contributed by atoms with Crippen molar-refractivity contribution in [1.29, 1.82) is 0 Å². The molecule has 0 unspecified atom stereocenters. The van der Waals surface area contributed by atoms with Crippen LogP contribution < -0.4 is 15.5 Å². The number of fused-ring (bicyclic) bond motifs is 1. The van der Waals surface area contributed by atoms with E-state index in [1.54, 1.807) is 24.8 Å². The van der Waals surface area contributed by atoms with E-state index in [4.69, 9.17) is 0 Å². The van der Waals surface area contributed by atoms with E-state index in [1.807, 2.05) is 18.5 Å². The van der Waals surface area contributed by atoms with Gasteiger partial charge in [0.25, 0.3) is 0 Å². The average Bonchev–Trinajstić information content (AvgIpc) is 2.80. The zero-order valence-electron chi connectivity index (χ0n) is 15.8. The Balaban J connectivity index is 1.42. The predicted molar refractivity (Wildman–Crippen MR) is 113 cm³/mol. The van der Waals surface area contributed by atoms with Crippen LogP contribution in [-0.2, 0) is 0 Å². The molecule has 0 spiro atoms. The fraction of sp³-hybridized carbons (Fsp3) is 0.190. The molecule has 0 saturated carbocycles. The number of nitrogens with one attached hydrogen (secondary N) is 2. The molecule has 2 N–H and O–H groups in total. The molecule has 8 heteroatoms. The summed E-state index contributed by atoms with van der Waals surface area (Å²) >= 11 is 0. The number of nitrogens with zero attached hydrogens (tertiary/aromatic N) is 6. The molecule has 5 rings (SSSR count). The summed E-state index contributed by atoms with van der Waals surface area (Å²) in [6.07, 6.45) is 10.6. The third kappa shape index (κ3) is 3.70. The molecule has 0 atom stereocenters. The first-order valence-corrected chi connectivity index (χ1v) is 9.57. The number of pyridine rings is 1. The summed E-state index contributed by atoms with van der Waals surface area (Å²) in [6, 6.07) is 8.11. The number of hydrogen-bond acceptors (Lipinski definition) is 8. The minimum Gasteiger partial charge on any atom is -0.338 e. The molecule has 1 aliphatic rings. The van der Waals surface area contributed by atoms with Crippen molar-refractivity contribution in [2.45, 2.75) is 0 Å². The molecule has 0 aliphatic carbocycles. The number of aromatic nitrogens is 5. The molecule has 144 valence electrons. The van der Waals surface area contributed by atoms with Crippen molar-refractivity contribution in [3.05, 3.63) is 61.4 Å². The molecule has 8 nitrogen and oxygen atoms in total. The Morgan fingerprint density at radius 3 is 2.48 bits per heavy atom. The first-order chi connectivity index (χ1) is 14.4. The van der Waals surface area contributed by atoms with Gasteiger partial charge in [-0.25, -0.2) is 15.0 Å². The van der Waals surface area contributed by atoms with Crippen molar-refractivity contribution in [3.8, 4) is 11.1 Å². The minimum absolute atomic E-state index is 0.695. The highest BCUT2D eigenvalue weighted by Gasteiger charge is 2.13. The molecule has 1 aromatic carbocycles. The van der Waals surface area contributed by atoms with E-state index in [0.29, 0.717) is 5.82 Å². The first kappa shape index (κ1) is 17.4. The summed E-state index contributed by atoms with van der Waals surface area (Å²) in [6.45, 7) is 3.79. The van der Waals surface area contributed by atoms with Crippen LogP contribution in [0.2, 0.25) is 0 Å². The van der Waals surface area contributed by atoms with Crippen molar-refractivity contribution < 1.29 is 0 Å². The predicted octanol–water partition coefficient (Wildman–Crippen LogP) is 2.64. The molecule has 29 heavy (non-hydrogen) atoms. The van der Waals surface area contributed by atoms with Crippen LogP contribution in [0.5, 0.6) is 0 Å². The lowest BCUT2D eigenvalue weighted by Gasteiger charge is -2.27. The summed E-state index contributed by atoms with van der Waals surface area (Å²) in [7, 11) is 0. The Morgan fingerprint density at radius 1 is 0.828 bits per heavy atom. The molecule has 3 aromatic heterocycles. The highest BCUT2D eigenvalue weighted by Crippen LogP contribution is 2.28. The molecule has 1 fully saturated rings. The maximum atomic E-state index is 4.57. The van der Waals surface area contributed by atoms with Gasteiger partial charge in [0, 0.05) is 68.1 Å². The zero-order chi connectivity index (χ0) is 19.5. The van der Waals surface area contributed by atoms with Gasteiger partial charge in [0.2, 0.25) is 5.95 Å². The number of piperazine rings is 1. The summed E-state index contributed by atoms with van der Waals surface area (Å²) < 4.78 is 0. The molecule has 1 aliphatic heterocycles. The molecule has 4 heterocycles. The van der Waals surface area contributed by atoms with E-state index in [1.165, 1.54) is 0 Å². The van der Waals surface area contributed by atoms with Gasteiger partial charge in [0.1, 0.15) is 5.82 Å². The van der Waals surface area contributed by atoms with Gasteiger partial charge in [-0.2, -0.15) is 0 Å². The Labute approximate surface area is 168 Å². The quantitative estimate of drug-likeness (QED) is 0.555.